The number of carbonyl (C=O) groups is 1. The molecule has 148 valence electrons. The highest BCUT2D eigenvalue weighted by Gasteiger charge is 2.14. The molecular formula is C20H27Cl2N3O2. The van der Waals surface area contributed by atoms with Crippen molar-refractivity contribution in [1.29, 1.82) is 0 Å². The van der Waals surface area contributed by atoms with Crippen molar-refractivity contribution in [3.05, 3.63) is 58.6 Å². The molecular weight excluding hydrogens is 385 g/mol. The number of amides is 1. The molecule has 0 bridgehead atoms. The predicted octanol–water partition coefficient (Wildman–Crippen LogP) is 3.52. The van der Waals surface area contributed by atoms with Crippen molar-refractivity contribution < 1.29 is 9.53 Å². The zero-order valence-electron chi connectivity index (χ0n) is 15.7. The van der Waals surface area contributed by atoms with E-state index in [2.05, 4.69) is 22.3 Å². The minimum Gasteiger partial charge on any atom is -0.495 e. The maximum Gasteiger partial charge on any atom is 0.238 e. The normalized spacial score (nSPS) is 10.4. The van der Waals surface area contributed by atoms with Crippen molar-refractivity contribution in [3.63, 3.8) is 0 Å². The summed E-state index contributed by atoms with van der Waals surface area (Å²) >= 11 is 6.11. The van der Waals surface area contributed by atoms with Crippen molar-refractivity contribution in [3.8, 4) is 5.75 Å². The van der Waals surface area contributed by atoms with E-state index in [4.69, 9.17) is 22.1 Å². The van der Waals surface area contributed by atoms with Crippen LogP contribution in [0.1, 0.15) is 11.1 Å². The second-order valence-electron chi connectivity index (χ2n) is 6.15. The van der Waals surface area contributed by atoms with Gasteiger partial charge in [-0.1, -0.05) is 41.9 Å². The van der Waals surface area contributed by atoms with E-state index in [9.17, 15) is 4.79 Å². The number of nitrogens with two attached hydrogens (primary N) is 1. The van der Waals surface area contributed by atoms with Gasteiger partial charge in [0.2, 0.25) is 5.91 Å². The Labute approximate surface area is 172 Å². The molecule has 7 heteroatoms. The molecule has 0 aliphatic carbocycles. The van der Waals surface area contributed by atoms with E-state index in [0.717, 1.165) is 18.5 Å². The van der Waals surface area contributed by atoms with E-state index in [0.29, 0.717) is 29.5 Å². The van der Waals surface area contributed by atoms with Crippen LogP contribution in [0.4, 0.5) is 5.69 Å². The summed E-state index contributed by atoms with van der Waals surface area (Å²) in [5.41, 5.74) is 8.44. The number of nitrogens with one attached hydrogen (secondary N) is 1. The number of methoxy groups -OCH3 is 1. The Hall–Kier alpha value is -1.79. The fourth-order valence-corrected chi connectivity index (χ4v) is 2.86. The van der Waals surface area contributed by atoms with Crippen LogP contribution in [0.5, 0.6) is 5.75 Å². The number of aryl methyl sites for hydroxylation is 1. The van der Waals surface area contributed by atoms with Crippen LogP contribution in [0.2, 0.25) is 5.02 Å². The summed E-state index contributed by atoms with van der Waals surface area (Å²) in [6.07, 6.45) is 0.873. The summed E-state index contributed by atoms with van der Waals surface area (Å²) in [6.45, 7) is 4.10. The summed E-state index contributed by atoms with van der Waals surface area (Å²) in [5.74, 6) is 0.440. The molecule has 1 amide bonds. The number of ether oxygens (including phenoxy) is 1. The number of carbonyl (C=O) groups excluding carboxylic acids is 1. The zero-order valence-corrected chi connectivity index (χ0v) is 17.3. The van der Waals surface area contributed by atoms with Gasteiger partial charge >= 0.3 is 0 Å². The molecule has 0 spiro atoms. The van der Waals surface area contributed by atoms with Crippen LogP contribution in [0.3, 0.4) is 0 Å². The minimum atomic E-state index is -0.105. The molecule has 2 aromatic carbocycles. The standard InChI is InChI=1S/C20H26ClN3O2.ClH/c1-15-12-18(19(26-2)13-17(15)21)23-20(25)14-24(11-9-22)10-8-16-6-4-3-5-7-16;/h3-7,12-13H,8-11,14,22H2,1-2H3,(H,23,25);1H. The van der Waals surface area contributed by atoms with Gasteiger partial charge in [-0.25, -0.2) is 0 Å². The topological polar surface area (TPSA) is 67.6 Å². The maximum atomic E-state index is 12.5. The van der Waals surface area contributed by atoms with E-state index in [-0.39, 0.29) is 24.9 Å². The smallest absolute Gasteiger partial charge is 0.238 e. The first-order valence-electron chi connectivity index (χ1n) is 8.63. The predicted molar refractivity (Wildman–Crippen MR) is 114 cm³/mol. The molecule has 27 heavy (non-hydrogen) atoms. The molecule has 0 aliphatic rings. The monoisotopic (exact) mass is 411 g/mol. The van der Waals surface area contributed by atoms with Crippen LogP contribution >= 0.6 is 24.0 Å². The quantitative estimate of drug-likeness (QED) is 0.662. The lowest BCUT2D eigenvalue weighted by Gasteiger charge is -2.21. The first-order chi connectivity index (χ1) is 12.5. The van der Waals surface area contributed by atoms with Gasteiger partial charge in [0.05, 0.1) is 19.3 Å². The Morgan fingerprint density at radius 3 is 2.56 bits per heavy atom. The van der Waals surface area contributed by atoms with Gasteiger partial charge in [0.1, 0.15) is 5.75 Å². The Bertz CT molecular complexity index is 727. The van der Waals surface area contributed by atoms with Crippen molar-refractivity contribution in [2.24, 2.45) is 5.73 Å². The highest BCUT2D eigenvalue weighted by molar-refractivity contribution is 6.31. The van der Waals surface area contributed by atoms with E-state index in [1.807, 2.05) is 31.2 Å². The number of hydrogen-bond acceptors (Lipinski definition) is 4. The summed E-state index contributed by atoms with van der Waals surface area (Å²) < 4.78 is 5.31. The van der Waals surface area contributed by atoms with Crippen molar-refractivity contribution >= 4 is 35.6 Å². The van der Waals surface area contributed by atoms with E-state index >= 15 is 0 Å². The van der Waals surface area contributed by atoms with Crippen molar-refractivity contribution in [1.82, 2.24) is 4.90 Å². The average Bonchev–Trinajstić information content (AvgIpc) is 2.63. The molecule has 3 N–H and O–H groups in total. The second-order valence-corrected chi connectivity index (χ2v) is 6.56. The molecule has 0 saturated carbocycles. The first kappa shape index (κ1) is 23.2. The molecule has 0 heterocycles. The van der Waals surface area contributed by atoms with Crippen LogP contribution in [0.25, 0.3) is 0 Å². The Morgan fingerprint density at radius 1 is 1.22 bits per heavy atom. The van der Waals surface area contributed by atoms with Gasteiger partial charge in [-0.3, -0.25) is 9.69 Å². The van der Waals surface area contributed by atoms with Crippen LogP contribution in [-0.4, -0.2) is 44.1 Å². The lowest BCUT2D eigenvalue weighted by atomic mass is 10.1. The Kier molecular flexibility index (Phi) is 10.2. The third-order valence-electron chi connectivity index (χ3n) is 4.13. The molecule has 0 fully saturated rings. The van der Waals surface area contributed by atoms with Crippen molar-refractivity contribution in [2.45, 2.75) is 13.3 Å². The van der Waals surface area contributed by atoms with Gasteiger partial charge in [-0.15, -0.1) is 12.4 Å². The molecule has 0 aromatic heterocycles. The summed E-state index contributed by atoms with van der Waals surface area (Å²) in [7, 11) is 1.55. The molecule has 2 aromatic rings. The maximum absolute atomic E-state index is 12.5. The second kappa shape index (κ2) is 11.8. The Balaban J connectivity index is 0.00000364. The number of halogens is 2. The largest absolute Gasteiger partial charge is 0.495 e. The van der Waals surface area contributed by atoms with Gasteiger partial charge in [0.15, 0.2) is 0 Å². The van der Waals surface area contributed by atoms with Crippen LogP contribution < -0.4 is 15.8 Å². The third kappa shape index (κ3) is 7.39. The van der Waals surface area contributed by atoms with E-state index < -0.39 is 0 Å². The number of nitrogens with zero attached hydrogens (tertiary/aromatic N) is 1. The van der Waals surface area contributed by atoms with Crippen LogP contribution in [0.15, 0.2) is 42.5 Å². The van der Waals surface area contributed by atoms with Crippen LogP contribution in [0, 0.1) is 6.92 Å². The van der Waals surface area contributed by atoms with Gasteiger partial charge in [0.25, 0.3) is 0 Å². The first-order valence-corrected chi connectivity index (χ1v) is 9.01. The van der Waals surface area contributed by atoms with E-state index in [1.165, 1.54) is 5.56 Å². The van der Waals surface area contributed by atoms with Gasteiger partial charge in [-0.05, 0) is 30.5 Å². The minimum absolute atomic E-state index is 0. The summed E-state index contributed by atoms with van der Waals surface area (Å²) in [4.78, 5) is 14.5. The van der Waals surface area contributed by atoms with Crippen LogP contribution in [-0.2, 0) is 11.2 Å². The number of benzene rings is 2. The highest BCUT2D eigenvalue weighted by atomic mass is 35.5. The molecule has 0 radical (unpaired) electrons. The lowest BCUT2D eigenvalue weighted by Crippen LogP contribution is -2.38. The van der Waals surface area contributed by atoms with Gasteiger partial charge in [0, 0.05) is 30.7 Å². The SMILES string of the molecule is COc1cc(Cl)c(C)cc1NC(=O)CN(CCN)CCc1ccccc1.Cl. The molecule has 0 aliphatic heterocycles. The fourth-order valence-electron chi connectivity index (χ4n) is 2.71. The Morgan fingerprint density at radius 2 is 1.93 bits per heavy atom. The molecule has 0 unspecified atom stereocenters. The molecule has 0 atom stereocenters. The van der Waals surface area contributed by atoms with E-state index in [1.54, 1.807) is 13.2 Å². The molecule has 0 saturated heterocycles. The fraction of sp³-hybridized carbons (Fsp3) is 0.350. The van der Waals surface area contributed by atoms with Gasteiger partial charge < -0.3 is 15.8 Å². The van der Waals surface area contributed by atoms with Gasteiger partial charge in [-0.2, -0.15) is 0 Å². The van der Waals surface area contributed by atoms with Crippen molar-refractivity contribution in [2.75, 3.05) is 38.6 Å². The summed E-state index contributed by atoms with van der Waals surface area (Å²) in [5, 5.41) is 3.52. The molecule has 5 nitrogen and oxygen atoms in total. The summed E-state index contributed by atoms with van der Waals surface area (Å²) in [6, 6.07) is 13.7. The average molecular weight is 412 g/mol. The number of anilines is 1. The lowest BCUT2D eigenvalue weighted by molar-refractivity contribution is -0.117. The zero-order chi connectivity index (χ0) is 18.9. The molecule has 2 rings (SSSR count). The third-order valence-corrected chi connectivity index (χ3v) is 4.53. The highest BCUT2D eigenvalue weighted by Crippen LogP contribution is 2.30. The number of rotatable bonds is 9. The number of hydrogen-bond donors (Lipinski definition) is 2.